The van der Waals surface area contributed by atoms with Crippen molar-refractivity contribution in [1.29, 1.82) is 0 Å². The first-order chi connectivity index (χ1) is 13.9. The minimum atomic E-state index is -0.682. The van der Waals surface area contributed by atoms with E-state index in [-0.39, 0.29) is 17.9 Å². The molecule has 154 valence electrons. The van der Waals surface area contributed by atoms with E-state index in [2.05, 4.69) is 5.32 Å². The Morgan fingerprint density at radius 1 is 1.14 bits per heavy atom. The Bertz CT molecular complexity index is 868. The topological polar surface area (TPSA) is 77.1 Å². The monoisotopic (exact) mass is 398 g/mol. The molecule has 3 atom stereocenters. The van der Waals surface area contributed by atoms with Crippen molar-refractivity contribution in [2.75, 3.05) is 18.6 Å². The summed E-state index contributed by atoms with van der Waals surface area (Å²) in [6, 6.07) is 13.5. The summed E-state index contributed by atoms with van der Waals surface area (Å²) < 4.78 is 16.5. The van der Waals surface area contributed by atoms with Crippen LogP contribution in [-0.2, 0) is 9.59 Å². The first-order valence-electron chi connectivity index (χ1n) is 9.56. The van der Waals surface area contributed by atoms with Crippen molar-refractivity contribution >= 4 is 17.5 Å². The van der Waals surface area contributed by atoms with Gasteiger partial charge in [-0.25, -0.2) is 0 Å². The number of nitrogens with one attached hydrogen (secondary N) is 1. The van der Waals surface area contributed by atoms with E-state index in [1.807, 2.05) is 31.2 Å². The maximum Gasteiger partial charge on any atom is 0.268 e. The standard InChI is InChI=1S/C22H26N2O5/c1-14(13-28-18-11-9-17(27-4)10-12-18)23-21(25)15(2)24-19-7-5-6-8-20(19)29-16(3)22(24)26/h5-12,14-16H,13H2,1-4H3,(H,23,25)/t14-,15+,16+/m0/s1. The van der Waals surface area contributed by atoms with Crippen molar-refractivity contribution in [3.8, 4) is 17.2 Å². The van der Waals surface area contributed by atoms with Gasteiger partial charge in [-0.3, -0.25) is 14.5 Å². The normalized spacial score (nSPS) is 17.6. The van der Waals surface area contributed by atoms with Crippen LogP contribution >= 0.6 is 0 Å². The van der Waals surface area contributed by atoms with E-state index in [0.29, 0.717) is 23.8 Å². The van der Waals surface area contributed by atoms with Crippen LogP contribution in [0.4, 0.5) is 5.69 Å². The molecule has 0 unspecified atom stereocenters. The van der Waals surface area contributed by atoms with Gasteiger partial charge < -0.3 is 19.5 Å². The summed E-state index contributed by atoms with van der Waals surface area (Å²) >= 11 is 0. The lowest BCUT2D eigenvalue weighted by Gasteiger charge is -2.36. The molecule has 2 amide bonds. The number of hydrogen-bond acceptors (Lipinski definition) is 5. The van der Waals surface area contributed by atoms with E-state index in [4.69, 9.17) is 14.2 Å². The van der Waals surface area contributed by atoms with Crippen LogP contribution in [0.3, 0.4) is 0 Å². The Kier molecular flexibility index (Phi) is 6.26. The van der Waals surface area contributed by atoms with Gasteiger partial charge in [0.05, 0.1) is 18.8 Å². The molecule has 1 heterocycles. The fourth-order valence-corrected chi connectivity index (χ4v) is 3.13. The Hall–Kier alpha value is -3.22. The van der Waals surface area contributed by atoms with Crippen LogP contribution in [0.1, 0.15) is 20.8 Å². The summed E-state index contributed by atoms with van der Waals surface area (Å²) in [4.78, 5) is 27.0. The molecule has 0 bridgehead atoms. The molecule has 0 fully saturated rings. The van der Waals surface area contributed by atoms with Gasteiger partial charge in [-0.1, -0.05) is 12.1 Å². The van der Waals surface area contributed by atoms with Gasteiger partial charge in [0.15, 0.2) is 6.10 Å². The molecule has 1 aliphatic heterocycles. The summed E-state index contributed by atoms with van der Waals surface area (Å²) in [6.07, 6.45) is -0.643. The zero-order chi connectivity index (χ0) is 21.0. The number of carbonyl (C=O) groups excluding carboxylic acids is 2. The van der Waals surface area contributed by atoms with Crippen molar-refractivity contribution in [2.24, 2.45) is 0 Å². The summed E-state index contributed by atoms with van der Waals surface area (Å²) in [6.45, 7) is 5.54. The number of fused-ring (bicyclic) bond motifs is 1. The van der Waals surface area contributed by atoms with Crippen molar-refractivity contribution < 1.29 is 23.8 Å². The van der Waals surface area contributed by atoms with Crippen LogP contribution in [0.15, 0.2) is 48.5 Å². The molecular weight excluding hydrogens is 372 g/mol. The van der Waals surface area contributed by atoms with Gasteiger partial charge in [0.1, 0.15) is 29.9 Å². The molecule has 1 aliphatic rings. The molecule has 0 saturated carbocycles. The molecule has 0 saturated heterocycles. The SMILES string of the molecule is COc1ccc(OC[C@H](C)NC(=O)[C@@H](C)N2C(=O)[C@@H](C)Oc3ccccc32)cc1. The van der Waals surface area contributed by atoms with Crippen LogP contribution in [0.5, 0.6) is 17.2 Å². The highest BCUT2D eigenvalue weighted by Crippen LogP contribution is 2.35. The third kappa shape index (κ3) is 4.62. The maximum atomic E-state index is 12.8. The molecule has 1 N–H and O–H groups in total. The van der Waals surface area contributed by atoms with Crippen LogP contribution in [0.2, 0.25) is 0 Å². The quantitative estimate of drug-likeness (QED) is 0.776. The number of nitrogens with zero attached hydrogens (tertiary/aromatic N) is 1. The van der Waals surface area contributed by atoms with Gasteiger partial charge in [-0.2, -0.15) is 0 Å². The highest BCUT2D eigenvalue weighted by atomic mass is 16.5. The first-order valence-corrected chi connectivity index (χ1v) is 9.56. The third-order valence-corrected chi connectivity index (χ3v) is 4.73. The predicted octanol–water partition coefficient (Wildman–Crippen LogP) is 2.78. The van der Waals surface area contributed by atoms with Gasteiger partial charge in [-0.15, -0.1) is 0 Å². The molecular formula is C22H26N2O5. The largest absolute Gasteiger partial charge is 0.497 e. The Morgan fingerprint density at radius 3 is 2.48 bits per heavy atom. The lowest BCUT2D eigenvalue weighted by Crippen LogP contribution is -2.55. The van der Waals surface area contributed by atoms with Gasteiger partial charge in [0, 0.05) is 0 Å². The molecule has 7 nitrogen and oxygen atoms in total. The number of rotatable bonds is 7. The number of benzene rings is 2. The van der Waals surface area contributed by atoms with Crippen molar-refractivity contribution in [2.45, 2.75) is 39.0 Å². The first kappa shape index (κ1) is 20.5. The number of carbonyl (C=O) groups is 2. The molecule has 0 spiro atoms. The third-order valence-electron chi connectivity index (χ3n) is 4.73. The lowest BCUT2D eigenvalue weighted by molar-refractivity contribution is -0.130. The molecule has 7 heteroatoms. The summed E-state index contributed by atoms with van der Waals surface area (Å²) in [5.74, 6) is 1.53. The smallest absolute Gasteiger partial charge is 0.268 e. The predicted molar refractivity (Wildman–Crippen MR) is 110 cm³/mol. The second kappa shape index (κ2) is 8.86. The summed E-state index contributed by atoms with van der Waals surface area (Å²) in [5, 5.41) is 2.91. The molecule has 0 aliphatic carbocycles. The molecule has 2 aromatic rings. The zero-order valence-electron chi connectivity index (χ0n) is 17.0. The van der Waals surface area contributed by atoms with Crippen LogP contribution in [-0.4, -0.2) is 43.7 Å². The fourth-order valence-electron chi connectivity index (χ4n) is 3.13. The van der Waals surface area contributed by atoms with E-state index < -0.39 is 12.1 Å². The Morgan fingerprint density at radius 2 is 1.79 bits per heavy atom. The van der Waals surface area contributed by atoms with Crippen molar-refractivity contribution in [3.05, 3.63) is 48.5 Å². The Balaban J connectivity index is 1.61. The van der Waals surface area contributed by atoms with Crippen LogP contribution in [0.25, 0.3) is 0 Å². The van der Waals surface area contributed by atoms with Gasteiger partial charge in [-0.05, 0) is 57.2 Å². The molecule has 29 heavy (non-hydrogen) atoms. The molecule has 3 rings (SSSR count). The van der Waals surface area contributed by atoms with E-state index in [1.54, 1.807) is 45.2 Å². The number of ether oxygens (including phenoxy) is 3. The van der Waals surface area contributed by atoms with Crippen molar-refractivity contribution in [1.82, 2.24) is 5.32 Å². The van der Waals surface area contributed by atoms with E-state index in [9.17, 15) is 9.59 Å². The number of amides is 2. The highest BCUT2D eigenvalue weighted by molar-refractivity contribution is 6.05. The van der Waals surface area contributed by atoms with Gasteiger partial charge in [0.25, 0.3) is 5.91 Å². The molecule has 2 aromatic carbocycles. The minimum absolute atomic E-state index is 0.240. The summed E-state index contributed by atoms with van der Waals surface area (Å²) in [5.41, 5.74) is 0.598. The second-order valence-corrected chi connectivity index (χ2v) is 7.01. The average molecular weight is 398 g/mol. The lowest BCUT2D eigenvalue weighted by atomic mass is 10.1. The van der Waals surface area contributed by atoms with Crippen LogP contribution in [0, 0.1) is 0 Å². The molecule has 0 radical (unpaired) electrons. The van der Waals surface area contributed by atoms with Crippen LogP contribution < -0.4 is 24.4 Å². The minimum Gasteiger partial charge on any atom is -0.497 e. The number of para-hydroxylation sites is 2. The fraction of sp³-hybridized carbons (Fsp3) is 0.364. The van der Waals surface area contributed by atoms with Gasteiger partial charge in [0.2, 0.25) is 5.91 Å². The highest BCUT2D eigenvalue weighted by Gasteiger charge is 2.37. The molecule has 0 aromatic heterocycles. The van der Waals surface area contributed by atoms with E-state index in [1.165, 1.54) is 4.90 Å². The van der Waals surface area contributed by atoms with Crippen molar-refractivity contribution in [3.63, 3.8) is 0 Å². The Labute approximate surface area is 170 Å². The van der Waals surface area contributed by atoms with E-state index >= 15 is 0 Å². The number of hydrogen-bond donors (Lipinski definition) is 1. The van der Waals surface area contributed by atoms with Gasteiger partial charge >= 0.3 is 0 Å². The zero-order valence-corrected chi connectivity index (χ0v) is 17.0. The summed E-state index contributed by atoms with van der Waals surface area (Å²) in [7, 11) is 1.60. The number of methoxy groups -OCH3 is 1. The maximum absolute atomic E-state index is 12.8. The van der Waals surface area contributed by atoms with E-state index in [0.717, 1.165) is 5.75 Å². The average Bonchev–Trinajstić information content (AvgIpc) is 2.73. The number of anilines is 1. The second-order valence-electron chi connectivity index (χ2n) is 7.01.